The fraction of sp³-hybridized carbons (Fsp3) is 0.653. The number of carbonyl (C=O) groups excluding carboxylic acids is 3. The van der Waals surface area contributed by atoms with E-state index in [4.69, 9.17) is 14.2 Å². The van der Waals surface area contributed by atoms with Crippen LogP contribution in [0.5, 0.6) is 0 Å². The molecule has 0 N–H and O–H groups in total. The van der Waals surface area contributed by atoms with E-state index in [0.29, 0.717) is 12.8 Å². The Morgan fingerprint density at radius 1 is 0.544 bits per heavy atom. The highest BCUT2D eigenvalue weighted by atomic mass is 16.6. The molecule has 0 aromatic carbocycles. The number of unbranched alkanes of at least 4 members (excludes halogenated alkanes) is 10. The maximum absolute atomic E-state index is 12.7. The zero-order valence-corrected chi connectivity index (χ0v) is 36.7. The summed E-state index contributed by atoms with van der Waals surface area (Å²) in [5.41, 5.74) is 0. The molecule has 2 atom stereocenters. The minimum Gasteiger partial charge on any atom is -0.544 e. The number of hydrogen-bond acceptors (Lipinski definition) is 7. The smallest absolute Gasteiger partial charge is 0.306 e. The largest absolute Gasteiger partial charge is 0.544 e. The molecule has 0 saturated heterocycles. The Morgan fingerprint density at radius 2 is 0.982 bits per heavy atom. The number of rotatable bonds is 38. The van der Waals surface area contributed by atoms with E-state index >= 15 is 0 Å². The Bertz CT molecular complexity index is 1200. The highest BCUT2D eigenvalue weighted by Crippen LogP contribution is 2.12. The van der Waals surface area contributed by atoms with Crippen LogP contribution in [0.3, 0.4) is 0 Å². The van der Waals surface area contributed by atoms with E-state index in [9.17, 15) is 19.5 Å². The molecule has 0 amide bonds. The Kier molecular flexibility index (Phi) is 36.9. The predicted octanol–water partition coefficient (Wildman–Crippen LogP) is 10.8. The molecule has 0 saturated carbocycles. The molecule has 0 spiro atoms. The molecular weight excluding hydrogens is 715 g/mol. The van der Waals surface area contributed by atoms with Crippen molar-refractivity contribution in [1.29, 1.82) is 0 Å². The first-order valence-electron chi connectivity index (χ1n) is 22.1. The van der Waals surface area contributed by atoms with Gasteiger partial charge in [-0.25, -0.2) is 0 Å². The average Bonchev–Trinajstić information content (AvgIpc) is 3.17. The number of esters is 2. The standard InChI is InChI=1S/C49H81NO7/c1-6-8-10-12-14-16-18-20-22-23-24-25-26-28-30-32-34-36-38-40-48(52)57-45(43-55-42-41-46(49(53)54)50(3,4)5)44-56-47(51)39-37-35-33-31-29-27-21-19-17-15-13-11-9-7-2/h8,10,13-16,19-22,24-25,28,30,45-46H,6-7,9,11-12,17-18,23,26-27,29,31-44H2,1-5H3/b10-8-,15-13-,16-14-,21-19-,22-20-,25-24-,30-28-. The summed E-state index contributed by atoms with van der Waals surface area (Å²) < 4.78 is 17.1. The molecule has 0 heterocycles. The van der Waals surface area contributed by atoms with Crippen LogP contribution in [0.25, 0.3) is 0 Å². The van der Waals surface area contributed by atoms with Crippen molar-refractivity contribution in [2.45, 2.75) is 167 Å². The lowest BCUT2D eigenvalue weighted by molar-refractivity contribution is -0.889. The van der Waals surface area contributed by atoms with Crippen molar-refractivity contribution in [2.24, 2.45) is 0 Å². The van der Waals surface area contributed by atoms with Crippen molar-refractivity contribution in [3.8, 4) is 0 Å². The number of carboxylic acid groups (broad SMARTS) is 1. The molecule has 0 aromatic rings. The van der Waals surface area contributed by atoms with Crippen LogP contribution < -0.4 is 5.11 Å². The van der Waals surface area contributed by atoms with Gasteiger partial charge in [0, 0.05) is 19.3 Å². The molecule has 0 aromatic heterocycles. The summed E-state index contributed by atoms with van der Waals surface area (Å²) >= 11 is 0. The number of ether oxygens (including phenoxy) is 3. The molecule has 0 bridgehead atoms. The van der Waals surface area contributed by atoms with Gasteiger partial charge in [-0.3, -0.25) is 9.59 Å². The summed E-state index contributed by atoms with van der Waals surface area (Å²) in [5.74, 6) is -1.81. The van der Waals surface area contributed by atoms with E-state index in [-0.39, 0.29) is 49.1 Å². The molecule has 0 aliphatic heterocycles. The summed E-state index contributed by atoms with van der Waals surface area (Å²) in [6, 6.07) is -0.738. The number of aliphatic carboxylic acids is 1. The number of carboxylic acids is 1. The number of hydrogen-bond donors (Lipinski definition) is 0. The third-order valence-electron chi connectivity index (χ3n) is 9.27. The molecule has 8 nitrogen and oxygen atoms in total. The molecule has 0 fully saturated rings. The lowest BCUT2D eigenvalue weighted by Crippen LogP contribution is -2.55. The van der Waals surface area contributed by atoms with Crippen molar-refractivity contribution in [2.75, 3.05) is 41.0 Å². The number of allylic oxidation sites excluding steroid dienone is 14. The Balaban J connectivity index is 4.45. The van der Waals surface area contributed by atoms with Crippen LogP contribution in [-0.2, 0) is 28.6 Å². The first-order valence-corrected chi connectivity index (χ1v) is 22.1. The molecule has 0 radical (unpaired) electrons. The molecule has 0 aliphatic rings. The first kappa shape index (κ1) is 53.5. The molecule has 57 heavy (non-hydrogen) atoms. The molecule has 8 heteroatoms. The number of nitrogens with zero attached hydrogens (tertiary/aromatic N) is 1. The van der Waals surface area contributed by atoms with Gasteiger partial charge in [-0.15, -0.1) is 0 Å². The highest BCUT2D eigenvalue weighted by molar-refractivity contribution is 5.70. The van der Waals surface area contributed by atoms with Crippen molar-refractivity contribution in [3.63, 3.8) is 0 Å². The molecule has 2 unspecified atom stereocenters. The fourth-order valence-electron chi connectivity index (χ4n) is 5.82. The second-order valence-corrected chi connectivity index (χ2v) is 15.5. The van der Waals surface area contributed by atoms with Gasteiger partial charge in [0.25, 0.3) is 0 Å². The molecule has 0 rings (SSSR count). The fourth-order valence-corrected chi connectivity index (χ4v) is 5.82. The van der Waals surface area contributed by atoms with Crippen molar-refractivity contribution < 1.29 is 38.2 Å². The van der Waals surface area contributed by atoms with Gasteiger partial charge in [-0.1, -0.05) is 137 Å². The van der Waals surface area contributed by atoms with Gasteiger partial charge in [0.15, 0.2) is 6.10 Å². The van der Waals surface area contributed by atoms with E-state index in [1.165, 1.54) is 19.3 Å². The molecular formula is C49H81NO7. The molecule has 324 valence electrons. The summed E-state index contributed by atoms with van der Waals surface area (Å²) in [5, 5.41) is 11.6. The van der Waals surface area contributed by atoms with Crippen LogP contribution in [-0.4, -0.2) is 75.5 Å². The average molecular weight is 796 g/mol. The van der Waals surface area contributed by atoms with Crippen LogP contribution in [0.4, 0.5) is 0 Å². The van der Waals surface area contributed by atoms with Gasteiger partial charge in [-0.2, -0.15) is 0 Å². The lowest BCUT2D eigenvalue weighted by Gasteiger charge is -2.34. The Labute approximate surface area is 348 Å². The second kappa shape index (κ2) is 39.3. The molecule has 0 aliphatic carbocycles. The third-order valence-corrected chi connectivity index (χ3v) is 9.27. The minimum absolute atomic E-state index is 0.0175. The maximum Gasteiger partial charge on any atom is 0.306 e. The van der Waals surface area contributed by atoms with Crippen LogP contribution in [0.2, 0.25) is 0 Å². The van der Waals surface area contributed by atoms with Gasteiger partial charge >= 0.3 is 11.9 Å². The van der Waals surface area contributed by atoms with E-state index < -0.39 is 18.1 Å². The number of likely N-dealkylation sites (N-methyl/N-ethyl adjacent to an activating group) is 1. The maximum atomic E-state index is 12.7. The zero-order chi connectivity index (χ0) is 42.1. The van der Waals surface area contributed by atoms with Gasteiger partial charge in [-0.05, 0) is 83.5 Å². The monoisotopic (exact) mass is 796 g/mol. The summed E-state index contributed by atoms with van der Waals surface area (Å²) in [7, 11) is 5.38. The van der Waals surface area contributed by atoms with Gasteiger partial charge in [0.2, 0.25) is 0 Å². The third kappa shape index (κ3) is 37.8. The summed E-state index contributed by atoms with van der Waals surface area (Å²) in [6.45, 7) is 4.43. The lowest BCUT2D eigenvalue weighted by atomic mass is 10.1. The van der Waals surface area contributed by atoms with E-state index in [1.807, 2.05) is 0 Å². The highest BCUT2D eigenvalue weighted by Gasteiger charge is 2.25. The SMILES string of the molecule is CC/C=C\C/C=C\C/C=C\C/C=C\C/C=C\CCCCCC(=O)OC(COCCC(C(=O)[O-])[N+](C)(C)C)COC(=O)CCCCCCC/C=C\C/C=C\CCCC. The van der Waals surface area contributed by atoms with Crippen molar-refractivity contribution in [1.82, 2.24) is 0 Å². The summed E-state index contributed by atoms with van der Waals surface area (Å²) in [6.07, 6.45) is 50.3. The Hall–Kier alpha value is -3.49. The van der Waals surface area contributed by atoms with Crippen LogP contribution in [0.15, 0.2) is 85.1 Å². The van der Waals surface area contributed by atoms with Crippen molar-refractivity contribution in [3.05, 3.63) is 85.1 Å². The van der Waals surface area contributed by atoms with Gasteiger partial charge in [0.1, 0.15) is 12.6 Å². The number of carbonyl (C=O) groups is 3. The number of quaternary nitrogens is 1. The van der Waals surface area contributed by atoms with E-state index in [1.54, 1.807) is 21.1 Å². The van der Waals surface area contributed by atoms with Gasteiger partial charge < -0.3 is 28.6 Å². The van der Waals surface area contributed by atoms with E-state index in [2.05, 4.69) is 98.9 Å². The Morgan fingerprint density at radius 3 is 1.47 bits per heavy atom. The normalized spacial score (nSPS) is 13.8. The van der Waals surface area contributed by atoms with Crippen LogP contribution >= 0.6 is 0 Å². The van der Waals surface area contributed by atoms with E-state index in [0.717, 1.165) is 96.3 Å². The topological polar surface area (TPSA) is 102 Å². The quantitative estimate of drug-likeness (QED) is 0.0265. The van der Waals surface area contributed by atoms with Crippen LogP contribution in [0, 0.1) is 0 Å². The zero-order valence-electron chi connectivity index (χ0n) is 36.7. The van der Waals surface area contributed by atoms with Gasteiger partial charge in [0.05, 0.1) is 40.3 Å². The first-order chi connectivity index (χ1) is 27.6. The predicted molar refractivity (Wildman–Crippen MR) is 235 cm³/mol. The van der Waals surface area contributed by atoms with Crippen LogP contribution in [0.1, 0.15) is 155 Å². The minimum atomic E-state index is -1.14. The summed E-state index contributed by atoms with van der Waals surface area (Å²) in [4.78, 5) is 36.8. The van der Waals surface area contributed by atoms with Crippen molar-refractivity contribution >= 4 is 17.9 Å². The second-order valence-electron chi connectivity index (χ2n) is 15.5.